The number of nitrogens with one attached hydrogen (secondary N) is 2. The van der Waals surface area contributed by atoms with Gasteiger partial charge in [-0.2, -0.15) is 5.26 Å². The molecular formula is C46H48Cl2N4O8. The number of carboxylic acids is 2. The number of pyridine rings is 1. The van der Waals surface area contributed by atoms with Crippen LogP contribution in [0.4, 0.5) is 0 Å². The highest BCUT2D eigenvalue weighted by molar-refractivity contribution is 6.32. The average Bonchev–Trinajstić information content (AvgIpc) is 3.23. The van der Waals surface area contributed by atoms with Crippen LogP contribution in [0.1, 0.15) is 70.2 Å². The van der Waals surface area contributed by atoms with E-state index in [4.69, 9.17) is 52.4 Å². The lowest BCUT2D eigenvalue weighted by atomic mass is 9.92. The molecule has 0 saturated carbocycles. The minimum Gasteiger partial charge on any atom is -0.496 e. The topological polar surface area (TPSA) is 172 Å². The van der Waals surface area contributed by atoms with E-state index in [1.54, 1.807) is 43.6 Å². The smallest absolute Gasteiger partial charge is 0.303 e. The lowest BCUT2D eigenvalue weighted by Crippen LogP contribution is -2.16. The summed E-state index contributed by atoms with van der Waals surface area (Å²) >= 11 is 13.4. The molecule has 4 aromatic carbocycles. The van der Waals surface area contributed by atoms with E-state index < -0.39 is 11.9 Å². The van der Waals surface area contributed by atoms with Gasteiger partial charge in [0.25, 0.3) is 0 Å². The number of carbonyl (C=O) groups is 2. The van der Waals surface area contributed by atoms with Crippen molar-refractivity contribution in [2.75, 3.05) is 20.2 Å². The summed E-state index contributed by atoms with van der Waals surface area (Å²) in [4.78, 5) is 25.9. The van der Waals surface area contributed by atoms with E-state index in [1.165, 1.54) is 6.20 Å². The Morgan fingerprint density at radius 3 is 1.68 bits per heavy atom. The molecule has 14 heteroatoms. The van der Waals surface area contributed by atoms with Crippen LogP contribution in [-0.2, 0) is 42.5 Å². The van der Waals surface area contributed by atoms with Crippen molar-refractivity contribution in [3.63, 3.8) is 0 Å². The van der Waals surface area contributed by atoms with Gasteiger partial charge in [-0.3, -0.25) is 14.6 Å². The van der Waals surface area contributed by atoms with E-state index in [-0.39, 0.29) is 32.7 Å². The standard InChI is InChI=1S/C46H48Cl2N4O8/c1-29-33(27-59-43-19-41(57-3)35(17-39(43)47)24-50-14-6-12-45(53)54)8-4-10-37(29)38-11-5-9-34(30(38)2)28-60-44-20-42(58-26-32-16-31(21-49)22-52-23-32)36(18-40(44)48)25-51-15-7-13-46(55)56/h4-5,8-11,16-20,22-23,50-51H,6-7,12-15,24-28H2,1-3H3,(H,53,54)(H,55,56). The monoisotopic (exact) mass is 854 g/mol. The van der Waals surface area contributed by atoms with E-state index in [0.29, 0.717) is 77.6 Å². The van der Waals surface area contributed by atoms with Crippen LogP contribution in [0.5, 0.6) is 23.0 Å². The maximum absolute atomic E-state index is 11.0. The van der Waals surface area contributed by atoms with Gasteiger partial charge in [0, 0.05) is 67.1 Å². The van der Waals surface area contributed by atoms with Gasteiger partial charge in [-0.15, -0.1) is 0 Å². The molecule has 60 heavy (non-hydrogen) atoms. The largest absolute Gasteiger partial charge is 0.496 e. The Hall–Kier alpha value is -5.84. The third-order valence-electron chi connectivity index (χ3n) is 9.84. The van der Waals surface area contributed by atoms with Crippen molar-refractivity contribution in [1.29, 1.82) is 5.26 Å². The molecule has 12 nitrogen and oxygen atoms in total. The first-order valence-corrected chi connectivity index (χ1v) is 20.2. The number of rotatable bonds is 23. The molecule has 0 aliphatic carbocycles. The van der Waals surface area contributed by atoms with Gasteiger partial charge in [-0.05, 0) is 91.4 Å². The molecular weight excluding hydrogens is 807 g/mol. The second-order valence-corrected chi connectivity index (χ2v) is 14.9. The number of ether oxygens (including phenoxy) is 4. The summed E-state index contributed by atoms with van der Waals surface area (Å²) in [7, 11) is 1.58. The Balaban J connectivity index is 1.29. The highest BCUT2D eigenvalue weighted by Gasteiger charge is 2.17. The number of benzene rings is 4. The Morgan fingerprint density at radius 2 is 1.18 bits per heavy atom. The van der Waals surface area contributed by atoms with Gasteiger partial charge in [-0.1, -0.05) is 59.6 Å². The third-order valence-corrected chi connectivity index (χ3v) is 10.4. The van der Waals surface area contributed by atoms with Crippen LogP contribution in [0.15, 0.2) is 79.1 Å². The van der Waals surface area contributed by atoms with Crippen molar-refractivity contribution >= 4 is 35.1 Å². The Labute approximate surface area is 360 Å². The minimum absolute atomic E-state index is 0.0629. The van der Waals surface area contributed by atoms with E-state index in [1.807, 2.05) is 24.3 Å². The molecule has 0 fully saturated rings. The quantitative estimate of drug-likeness (QED) is 0.0460. The van der Waals surface area contributed by atoms with Crippen LogP contribution >= 0.6 is 23.2 Å². The third kappa shape index (κ3) is 12.8. The molecule has 1 aromatic heterocycles. The molecule has 5 aromatic rings. The van der Waals surface area contributed by atoms with Crippen molar-refractivity contribution in [2.24, 2.45) is 0 Å². The number of hydrogen-bond acceptors (Lipinski definition) is 10. The second kappa shape index (κ2) is 22.5. The maximum atomic E-state index is 11.0. The SMILES string of the molecule is COc1cc(OCc2cccc(-c3cccc(COc4cc(OCc5cncc(C#N)c5)c(CNCCCC(=O)O)cc4Cl)c3C)c2C)c(Cl)cc1CNCCCC(=O)O. The summed E-state index contributed by atoms with van der Waals surface area (Å²) in [6.07, 6.45) is 4.28. The molecule has 0 radical (unpaired) electrons. The van der Waals surface area contributed by atoms with E-state index in [0.717, 1.165) is 50.1 Å². The first-order chi connectivity index (χ1) is 29.0. The number of nitriles is 1. The molecule has 0 amide bonds. The predicted molar refractivity (Wildman–Crippen MR) is 230 cm³/mol. The van der Waals surface area contributed by atoms with Crippen molar-refractivity contribution in [2.45, 2.75) is 72.4 Å². The van der Waals surface area contributed by atoms with Crippen LogP contribution in [0.2, 0.25) is 10.0 Å². The maximum Gasteiger partial charge on any atom is 0.303 e. The van der Waals surface area contributed by atoms with Crippen LogP contribution in [0.25, 0.3) is 11.1 Å². The number of aromatic nitrogens is 1. The number of nitrogens with zero attached hydrogens (tertiary/aromatic N) is 2. The van der Waals surface area contributed by atoms with Gasteiger partial charge in [0.05, 0.1) is 22.7 Å². The fourth-order valence-corrected chi connectivity index (χ4v) is 6.99. The summed E-state index contributed by atoms with van der Waals surface area (Å²) in [6.45, 7) is 6.69. The lowest BCUT2D eigenvalue weighted by Gasteiger charge is -2.19. The summed E-state index contributed by atoms with van der Waals surface area (Å²) in [5, 5.41) is 34.5. The fraction of sp³-hybridized carbons (Fsp3) is 0.304. The van der Waals surface area contributed by atoms with Gasteiger partial charge in [0.15, 0.2) is 0 Å². The molecule has 0 unspecified atom stereocenters. The fourth-order valence-electron chi connectivity index (χ4n) is 6.51. The van der Waals surface area contributed by atoms with Crippen LogP contribution < -0.4 is 29.6 Å². The van der Waals surface area contributed by atoms with Gasteiger partial charge in [0.1, 0.15) is 48.9 Å². The molecule has 0 saturated heterocycles. The average molecular weight is 856 g/mol. The van der Waals surface area contributed by atoms with E-state index >= 15 is 0 Å². The zero-order valence-electron chi connectivity index (χ0n) is 33.8. The van der Waals surface area contributed by atoms with E-state index in [2.05, 4.69) is 47.7 Å². The molecule has 0 bridgehead atoms. The zero-order chi connectivity index (χ0) is 43.0. The van der Waals surface area contributed by atoms with Gasteiger partial charge < -0.3 is 39.8 Å². The Morgan fingerprint density at radius 1 is 0.683 bits per heavy atom. The molecule has 1 heterocycles. The van der Waals surface area contributed by atoms with Crippen LogP contribution in [0, 0.1) is 25.2 Å². The number of methoxy groups -OCH3 is 1. The first kappa shape index (κ1) is 45.2. The number of aliphatic carboxylic acids is 2. The molecule has 4 N–H and O–H groups in total. The summed E-state index contributed by atoms with van der Waals surface area (Å²) in [6, 6.07) is 23.1. The molecule has 0 spiro atoms. The number of halogens is 2. The summed E-state index contributed by atoms with van der Waals surface area (Å²) in [5.74, 6) is 0.387. The highest BCUT2D eigenvalue weighted by atomic mass is 35.5. The zero-order valence-corrected chi connectivity index (χ0v) is 35.3. The predicted octanol–water partition coefficient (Wildman–Crippen LogP) is 9.20. The van der Waals surface area contributed by atoms with Crippen molar-refractivity contribution in [1.82, 2.24) is 15.6 Å². The molecule has 5 rings (SSSR count). The summed E-state index contributed by atoms with van der Waals surface area (Å²) in [5.41, 5.74) is 8.89. The van der Waals surface area contributed by atoms with Gasteiger partial charge in [-0.25, -0.2) is 0 Å². The second-order valence-electron chi connectivity index (χ2n) is 14.1. The van der Waals surface area contributed by atoms with Crippen molar-refractivity contribution in [3.05, 3.63) is 134 Å². The lowest BCUT2D eigenvalue weighted by molar-refractivity contribution is -0.138. The van der Waals surface area contributed by atoms with Crippen molar-refractivity contribution < 1.29 is 38.7 Å². The normalized spacial score (nSPS) is 10.9. The van der Waals surface area contributed by atoms with Crippen molar-refractivity contribution in [3.8, 4) is 40.2 Å². The first-order valence-electron chi connectivity index (χ1n) is 19.4. The van der Waals surface area contributed by atoms with Gasteiger partial charge >= 0.3 is 11.9 Å². The molecule has 0 aliphatic heterocycles. The van der Waals surface area contributed by atoms with Crippen LogP contribution in [-0.4, -0.2) is 47.3 Å². The molecule has 0 atom stereocenters. The molecule has 0 aliphatic rings. The highest BCUT2D eigenvalue weighted by Crippen LogP contribution is 2.37. The van der Waals surface area contributed by atoms with E-state index in [9.17, 15) is 14.9 Å². The van der Waals surface area contributed by atoms with Crippen LogP contribution in [0.3, 0.4) is 0 Å². The summed E-state index contributed by atoms with van der Waals surface area (Å²) < 4.78 is 24.4. The van der Waals surface area contributed by atoms with Gasteiger partial charge in [0.2, 0.25) is 0 Å². The number of hydrogen-bond donors (Lipinski definition) is 4. The Bertz CT molecular complexity index is 2330. The minimum atomic E-state index is -0.849. The number of carboxylic acid groups (broad SMARTS) is 2. The molecule has 314 valence electrons. The Kier molecular flexibility index (Phi) is 17.0.